The standard InChI is InChI=1S/C21H34N2O/c1-20-9-7-14(24)11-13(20)12-17(22-3)19-15-5-6-18(23-4)21(15,2)10-8-16(19)20/h7,9,13-16,18,22-24H,5-6,8,10-12H2,1-4H3/t13?,14?,15-,16-,18-,20-,21-/m0/s1. The largest absolute Gasteiger partial charge is 0.391 e. The fraction of sp³-hybridized carbons (Fsp3) is 0.810. The van der Waals surface area contributed by atoms with Crippen LogP contribution in [0.2, 0.25) is 0 Å². The van der Waals surface area contributed by atoms with Crippen molar-refractivity contribution in [1.82, 2.24) is 10.6 Å². The summed E-state index contributed by atoms with van der Waals surface area (Å²) < 4.78 is 0. The quantitative estimate of drug-likeness (QED) is 0.681. The maximum Gasteiger partial charge on any atom is 0.0724 e. The van der Waals surface area contributed by atoms with Crippen LogP contribution in [0.25, 0.3) is 0 Å². The third-order valence-corrected chi connectivity index (χ3v) is 8.34. The third-order valence-electron chi connectivity index (χ3n) is 8.34. The zero-order chi connectivity index (χ0) is 17.1. The van der Waals surface area contributed by atoms with Gasteiger partial charge in [0.2, 0.25) is 0 Å². The smallest absolute Gasteiger partial charge is 0.0724 e. The summed E-state index contributed by atoms with van der Waals surface area (Å²) in [6.07, 6.45) is 11.5. The summed E-state index contributed by atoms with van der Waals surface area (Å²) in [6, 6.07) is 0.656. The number of rotatable bonds is 2. The van der Waals surface area contributed by atoms with Gasteiger partial charge in [-0.15, -0.1) is 0 Å². The minimum atomic E-state index is -0.253. The Balaban J connectivity index is 1.78. The van der Waals surface area contributed by atoms with Crippen LogP contribution in [0.5, 0.6) is 0 Å². The van der Waals surface area contributed by atoms with Gasteiger partial charge in [-0.25, -0.2) is 0 Å². The lowest BCUT2D eigenvalue weighted by Crippen LogP contribution is -2.52. The Morgan fingerprint density at radius 2 is 1.92 bits per heavy atom. The summed E-state index contributed by atoms with van der Waals surface area (Å²) in [7, 11) is 4.24. The van der Waals surface area contributed by atoms with E-state index < -0.39 is 0 Å². The van der Waals surface area contributed by atoms with Crippen molar-refractivity contribution in [2.75, 3.05) is 14.1 Å². The van der Waals surface area contributed by atoms with Gasteiger partial charge in [0, 0.05) is 18.8 Å². The van der Waals surface area contributed by atoms with Gasteiger partial charge in [-0.1, -0.05) is 26.0 Å². The minimum absolute atomic E-state index is 0.230. The molecule has 2 unspecified atom stereocenters. The maximum absolute atomic E-state index is 10.1. The first-order valence-corrected chi connectivity index (χ1v) is 9.89. The molecule has 4 aliphatic rings. The van der Waals surface area contributed by atoms with Crippen LogP contribution in [0.3, 0.4) is 0 Å². The van der Waals surface area contributed by atoms with Crippen LogP contribution in [-0.4, -0.2) is 31.3 Å². The van der Waals surface area contributed by atoms with Crippen molar-refractivity contribution in [2.45, 2.75) is 64.5 Å². The van der Waals surface area contributed by atoms with E-state index >= 15 is 0 Å². The third kappa shape index (κ3) is 2.10. The van der Waals surface area contributed by atoms with Crippen LogP contribution in [0.4, 0.5) is 0 Å². The monoisotopic (exact) mass is 330 g/mol. The molecule has 3 nitrogen and oxygen atoms in total. The Labute approximate surface area is 147 Å². The number of aliphatic hydroxyl groups is 1. The second-order valence-electron chi connectivity index (χ2n) is 9.18. The fourth-order valence-electron chi connectivity index (χ4n) is 6.88. The lowest BCUT2D eigenvalue weighted by Gasteiger charge is -2.56. The van der Waals surface area contributed by atoms with Crippen LogP contribution in [0.15, 0.2) is 23.4 Å². The molecule has 4 aliphatic carbocycles. The molecule has 2 fully saturated rings. The van der Waals surface area contributed by atoms with Gasteiger partial charge in [0.15, 0.2) is 0 Å². The molecule has 3 N–H and O–H groups in total. The summed E-state index contributed by atoms with van der Waals surface area (Å²) in [6.45, 7) is 4.99. The molecule has 0 aromatic rings. The van der Waals surface area contributed by atoms with Crippen LogP contribution in [0.1, 0.15) is 52.4 Å². The highest BCUT2D eigenvalue weighted by Gasteiger charge is 2.58. The summed E-state index contributed by atoms with van der Waals surface area (Å²) in [5, 5.41) is 17.3. The van der Waals surface area contributed by atoms with Gasteiger partial charge < -0.3 is 15.7 Å². The maximum atomic E-state index is 10.1. The molecule has 4 rings (SSSR count). The fourth-order valence-corrected chi connectivity index (χ4v) is 6.88. The van der Waals surface area contributed by atoms with Crippen LogP contribution in [-0.2, 0) is 0 Å². The Morgan fingerprint density at radius 1 is 1.12 bits per heavy atom. The van der Waals surface area contributed by atoms with Gasteiger partial charge in [-0.05, 0) is 79.7 Å². The highest BCUT2D eigenvalue weighted by molar-refractivity contribution is 5.35. The predicted molar refractivity (Wildman–Crippen MR) is 98.5 cm³/mol. The van der Waals surface area contributed by atoms with Gasteiger partial charge in [0.25, 0.3) is 0 Å². The lowest BCUT2D eigenvalue weighted by atomic mass is 9.49. The van der Waals surface area contributed by atoms with E-state index in [1.165, 1.54) is 31.4 Å². The number of aliphatic hydroxyl groups excluding tert-OH is 1. The average Bonchev–Trinajstić information content (AvgIpc) is 2.91. The number of fused-ring (bicyclic) bond motifs is 5. The molecule has 0 radical (unpaired) electrons. The molecule has 0 aromatic carbocycles. The average molecular weight is 331 g/mol. The Morgan fingerprint density at radius 3 is 2.62 bits per heavy atom. The molecule has 0 amide bonds. The molecular formula is C21H34N2O. The van der Waals surface area contributed by atoms with Gasteiger partial charge >= 0.3 is 0 Å². The van der Waals surface area contributed by atoms with Gasteiger partial charge in [0.05, 0.1) is 6.10 Å². The van der Waals surface area contributed by atoms with E-state index in [4.69, 9.17) is 0 Å². The van der Waals surface area contributed by atoms with Gasteiger partial charge in [-0.3, -0.25) is 0 Å². The minimum Gasteiger partial charge on any atom is -0.391 e. The molecule has 3 heteroatoms. The highest BCUT2D eigenvalue weighted by Crippen LogP contribution is 2.64. The summed E-state index contributed by atoms with van der Waals surface area (Å²) in [5.41, 5.74) is 3.87. The van der Waals surface area contributed by atoms with E-state index in [1.54, 1.807) is 5.57 Å². The predicted octanol–water partition coefficient (Wildman–Crippen LogP) is 3.22. The zero-order valence-corrected chi connectivity index (χ0v) is 15.7. The van der Waals surface area contributed by atoms with Gasteiger partial charge in [-0.2, -0.15) is 0 Å². The molecule has 2 saturated carbocycles. The highest BCUT2D eigenvalue weighted by atomic mass is 16.3. The number of allylic oxidation sites excluding steroid dienone is 3. The molecule has 7 atom stereocenters. The SMILES string of the molecule is CNC1=C2[C@@H]3CC[C@H](NC)[C@@]3(C)CC[C@@H]2[C@@]2(C)C=CC(O)CC2C1. The number of hydrogen-bond acceptors (Lipinski definition) is 3. The molecule has 0 saturated heterocycles. The summed E-state index contributed by atoms with van der Waals surface area (Å²) >= 11 is 0. The van der Waals surface area contributed by atoms with Crippen molar-refractivity contribution in [3.8, 4) is 0 Å². The molecular weight excluding hydrogens is 296 g/mol. The first kappa shape index (κ1) is 16.7. The van der Waals surface area contributed by atoms with Crippen molar-refractivity contribution in [1.29, 1.82) is 0 Å². The first-order chi connectivity index (χ1) is 11.4. The first-order valence-electron chi connectivity index (χ1n) is 9.89. The molecule has 0 aliphatic heterocycles. The molecule has 0 bridgehead atoms. The molecule has 0 heterocycles. The van der Waals surface area contributed by atoms with Crippen LogP contribution >= 0.6 is 0 Å². The Bertz CT molecular complexity index is 582. The van der Waals surface area contributed by atoms with Crippen molar-refractivity contribution in [3.63, 3.8) is 0 Å². The Hall–Kier alpha value is -0.800. The van der Waals surface area contributed by atoms with Crippen molar-refractivity contribution >= 4 is 0 Å². The second kappa shape index (κ2) is 5.60. The number of hydrogen-bond donors (Lipinski definition) is 3. The van der Waals surface area contributed by atoms with Crippen LogP contribution < -0.4 is 10.6 Å². The van der Waals surface area contributed by atoms with E-state index in [1.807, 2.05) is 0 Å². The Kier molecular flexibility index (Phi) is 3.89. The lowest BCUT2D eigenvalue weighted by molar-refractivity contribution is 0.0302. The molecule has 0 aromatic heterocycles. The molecule has 0 spiro atoms. The topological polar surface area (TPSA) is 44.3 Å². The second-order valence-corrected chi connectivity index (χ2v) is 9.18. The van der Waals surface area contributed by atoms with Crippen LogP contribution in [0, 0.1) is 28.6 Å². The van der Waals surface area contributed by atoms with Gasteiger partial charge in [0.1, 0.15) is 0 Å². The van der Waals surface area contributed by atoms with E-state index in [2.05, 4.69) is 50.7 Å². The van der Waals surface area contributed by atoms with Crippen molar-refractivity contribution in [2.24, 2.45) is 28.6 Å². The summed E-state index contributed by atoms with van der Waals surface area (Å²) in [4.78, 5) is 0. The van der Waals surface area contributed by atoms with E-state index in [9.17, 15) is 5.11 Å². The van der Waals surface area contributed by atoms with E-state index in [-0.39, 0.29) is 11.5 Å². The van der Waals surface area contributed by atoms with Crippen molar-refractivity contribution in [3.05, 3.63) is 23.4 Å². The van der Waals surface area contributed by atoms with Crippen molar-refractivity contribution < 1.29 is 5.11 Å². The summed E-state index contributed by atoms with van der Waals surface area (Å²) in [5.74, 6) is 1.94. The molecule has 24 heavy (non-hydrogen) atoms. The number of nitrogens with one attached hydrogen (secondary N) is 2. The zero-order valence-electron chi connectivity index (χ0n) is 15.7. The normalized spacial score (nSPS) is 50.3. The van der Waals surface area contributed by atoms with E-state index in [0.29, 0.717) is 29.2 Å². The molecule has 134 valence electrons. The van der Waals surface area contributed by atoms with E-state index in [0.717, 1.165) is 12.8 Å².